The van der Waals surface area contributed by atoms with E-state index in [4.69, 9.17) is 4.74 Å². The number of nitrogens with one attached hydrogen (secondary N) is 1. The quantitative estimate of drug-likeness (QED) is 0.647. The average molecular weight is 149 g/mol. The molecule has 1 aromatic carbocycles. The van der Waals surface area contributed by atoms with E-state index in [1.54, 1.807) is 0 Å². The van der Waals surface area contributed by atoms with Gasteiger partial charge in [-0.2, -0.15) is 0 Å². The van der Waals surface area contributed by atoms with Crippen LogP contribution in [0.5, 0.6) is 5.75 Å². The summed E-state index contributed by atoms with van der Waals surface area (Å²) < 4.78 is 5.54. The van der Waals surface area contributed by atoms with Gasteiger partial charge in [-0.1, -0.05) is 18.2 Å². The SMILES string of the molecule is CNC1Cc2ccccc2O1. The van der Waals surface area contributed by atoms with Gasteiger partial charge in [-0.05, 0) is 18.7 Å². The van der Waals surface area contributed by atoms with Crippen LogP contribution in [0.1, 0.15) is 5.56 Å². The first-order chi connectivity index (χ1) is 5.40. The second kappa shape index (κ2) is 2.55. The van der Waals surface area contributed by atoms with Gasteiger partial charge in [-0.25, -0.2) is 0 Å². The first kappa shape index (κ1) is 6.68. The van der Waals surface area contributed by atoms with Crippen molar-refractivity contribution in [3.8, 4) is 5.75 Å². The summed E-state index contributed by atoms with van der Waals surface area (Å²) in [5.41, 5.74) is 1.30. The standard InChI is InChI=1S/C9H11NO/c1-10-9-6-7-4-2-3-5-8(7)11-9/h2-5,9-10H,6H2,1H3. The molecule has 2 heteroatoms. The fourth-order valence-corrected chi connectivity index (χ4v) is 1.34. The van der Waals surface area contributed by atoms with Crippen LogP contribution in [0.15, 0.2) is 24.3 Å². The lowest BCUT2D eigenvalue weighted by Gasteiger charge is -2.07. The Kier molecular flexibility index (Phi) is 1.55. The summed E-state index contributed by atoms with van der Waals surface area (Å²) >= 11 is 0. The van der Waals surface area contributed by atoms with E-state index in [-0.39, 0.29) is 6.23 Å². The van der Waals surface area contributed by atoms with Crippen molar-refractivity contribution in [3.63, 3.8) is 0 Å². The third kappa shape index (κ3) is 1.10. The van der Waals surface area contributed by atoms with Crippen molar-refractivity contribution in [2.24, 2.45) is 0 Å². The van der Waals surface area contributed by atoms with Crippen LogP contribution in [0, 0.1) is 0 Å². The number of ether oxygens (including phenoxy) is 1. The molecule has 0 saturated carbocycles. The number of hydrogen-bond acceptors (Lipinski definition) is 2. The second-order valence-electron chi connectivity index (χ2n) is 2.71. The molecule has 0 aliphatic carbocycles. The van der Waals surface area contributed by atoms with Gasteiger partial charge < -0.3 is 4.74 Å². The van der Waals surface area contributed by atoms with Gasteiger partial charge in [0.15, 0.2) is 6.23 Å². The largest absolute Gasteiger partial charge is 0.475 e. The zero-order valence-corrected chi connectivity index (χ0v) is 6.50. The molecule has 0 aromatic heterocycles. The maximum Gasteiger partial charge on any atom is 0.154 e. The second-order valence-corrected chi connectivity index (χ2v) is 2.71. The lowest BCUT2D eigenvalue weighted by Crippen LogP contribution is -2.28. The van der Waals surface area contributed by atoms with Crippen molar-refractivity contribution < 1.29 is 4.74 Å². The maximum atomic E-state index is 5.54. The topological polar surface area (TPSA) is 21.3 Å². The van der Waals surface area contributed by atoms with E-state index in [2.05, 4.69) is 11.4 Å². The molecule has 0 radical (unpaired) electrons. The van der Waals surface area contributed by atoms with E-state index in [1.807, 2.05) is 25.2 Å². The Morgan fingerprint density at radius 2 is 2.27 bits per heavy atom. The fraction of sp³-hybridized carbons (Fsp3) is 0.333. The predicted molar refractivity (Wildman–Crippen MR) is 43.6 cm³/mol. The van der Waals surface area contributed by atoms with Gasteiger partial charge in [-0.3, -0.25) is 5.32 Å². The Bertz CT molecular complexity index is 234. The molecule has 0 bridgehead atoms. The summed E-state index contributed by atoms with van der Waals surface area (Å²) in [5, 5.41) is 3.09. The van der Waals surface area contributed by atoms with Gasteiger partial charge in [-0.15, -0.1) is 0 Å². The molecule has 1 aliphatic rings. The molecule has 1 atom stereocenters. The van der Waals surface area contributed by atoms with E-state index in [9.17, 15) is 0 Å². The zero-order valence-electron chi connectivity index (χ0n) is 6.50. The molecule has 58 valence electrons. The van der Waals surface area contributed by atoms with Crippen LogP contribution in [-0.4, -0.2) is 13.3 Å². The molecule has 2 nitrogen and oxygen atoms in total. The van der Waals surface area contributed by atoms with Crippen LogP contribution < -0.4 is 10.1 Å². The number of fused-ring (bicyclic) bond motifs is 1. The molecule has 1 unspecified atom stereocenters. The molecule has 1 aliphatic heterocycles. The first-order valence-corrected chi connectivity index (χ1v) is 3.82. The molecule has 1 aromatic rings. The van der Waals surface area contributed by atoms with E-state index >= 15 is 0 Å². The van der Waals surface area contributed by atoms with Crippen LogP contribution in [-0.2, 0) is 6.42 Å². The Morgan fingerprint density at radius 1 is 1.45 bits per heavy atom. The maximum absolute atomic E-state index is 5.54. The Hall–Kier alpha value is -1.02. The Labute approximate surface area is 66.2 Å². The smallest absolute Gasteiger partial charge is 0.154 e. The van der Waals surface area contributed by atoms with E-state index in [0.29, 0.717) is 0 Å². The molecule has 1 N–H and O–H groups in total. The minimum absolute atomic E-state index is 0.174. The normalized spacial score (nSPS) is 21.0. The zero-order chi connectivity index (χ0) is 7.68. The molecule has 1 heterocycles. The highest BCUT2D eigenvalue weighted by Crippen LogP contribution is 2.26. The summed E-state index contributed by atoms with van der Waals surface area (Å²) in [6.07, 6.45) is 1.15. The summed E-state index contributed by atoms with van der Waals surface area (Å²) in [6.45, 7) is 0. The van der Waals surface area contributed by atoms with Gasteiger partial charge in [0, 0.05) is 6.42 Å². The molecule has 2 rings (SSSR count). The van der Waals surface area contributed by atoms with E-state index < -0.39 is 0 Å². The first-order valence-electron chi connectivity index (χ1n) is 3.82. The summed E-state index contributed by atoms with van der Waals surface area (Å²) in [4.78, 5) is 0. The van der Waals surface area contributed by atoms with Gasteiger partial charge in [0.2, 0.25) is 0 Å². The summed E-state index contributed by atoms with van der Waals surface area (Å²) in [5.74, 6) is 1.02. The van der Waals surface area contributed by atoms with Crippen LogP contribution >= 0.6 is 0 Å². The Balaban J connectivity index is 2.27. The number of likely N-dealkylation sites (N-methyl/N-ethyl adjacent to an activating group) is 1. The highest BCUT2D eigenvalue weighted by atomic mass is 16.5. The molecule has 0 fully saturated rings. The number of para-hydroxylation sites is 1. The third-order valence-corrected chi connectivity index (χ3v) is 1.97. The van der Waals surface area contributed by atoms with Crippen LogP contribution in [0.2, 0.25) is 0 Å². The highest BCUT2D eigenvalue weighted by molar-refractivity contribution is 5.36. The van der Waals surface area contributed by atoms with Gasteiger partial charge in [0.25, 0.3) is 0 Å². The average Bonchev–Trinajstić information content (AvgIpc) is 2.46. The van der Waals surface area contributed by atoms with Crippen LogP contribution in [0.4, 0.5) is 0 Å². The van der Waals surface area contributed by atoms with Crippen molar-refractivity contribution in [2.75, 3.05) is 7.05 Å². The monoisotopic (exact) mass is 149 g/mol. The van der Waals surface area contributed by atoms with Gasteiger partial charge >= 0.3 is 0 Å². The van der Waals surface area contributed by atoms with Gasteiger partial charge in [0.1, 0.15) is 5.75 Å². The van der Waals surface area contributed by atoms with Gasteiger partial charge in [0.05, 0.1) is 0 Å². The van der Waals surface area contributed by atoms with E-state index in [0.717, 1.165) is 12.2 Å². The fourth-order valence-electron chi connectivity index (χ4n) is 1.34. The molecular weight excluding hydrogens is 138 g/mol. The number of hydrogen-bond donors (Lipinski definition) is 1. The lowest BCUT2D eigenvalue weighted by molar-refractivity contribution is 0.203. The number of benzene rings is 1. The number of rotatable bonds is 1. The van der Waals surface area contributed by atoms with E-state index in [1.165, 1.54) is 5.56 Å². The molecule has 0 spiro atoms. The molecule has 0 amide bonds. The van der Waals surface area contributed by atoms with Crippen molar-refractivity contribution in [1.82, 2.24) is 5.32 Å². The van der Waals surface area contributed by atoms with Crippen molar-refractivity contribution in [3.05, 3.63) is 29.8 Å². The molecule has 11 heavy (non-hydrogen) atoms. The minimum atomic E-state index is 0.174. The van der Waals surface area contributed by atoms with Crippen LogP contribution in [0.25, 0.3) is 0 Å². The molecular formula is C9H11NO. The van der Waals surface area contributed by atoms with Crippen molar-refractivity contribution in [1.29, 1.82) is 0 Å². The van der Waals surface area contributed by atoms with Crippen LogP contribution in [0.3, 0.4) is 0 Å². The predicted octanol–water partition coefficient (Wildman–Crippen LogP) is 1.17. The lowest BCUT2D eigenvalue weighted by atomic mass is 10.1. The van der Waals surface area contributed by atoms with Crippen molar-refractivity contribution in [2.45, 2.75) is 12.6 Å². The minimum Gasteiger partial charge on any atom is -0.475 e. The van der Waals surface area contributed by atoms with Crippen molar-refractivity contribution >= 4 is 0 Å². The summed E-state index contributed by atoms with van der Waals surface area (Å²) in [6, 6.07) is 8.15. The highest BCUT2D eigenvalue weighted by Gasteiger charge is 2.19. The Morgan fingerprint density at radius 3 is 3.00 bits per heavy atom. The summed E-state index contributed by atoms with van der Waals surface area (Å²) in [7, 11) is 1.91. The molecule has 0 saturated heterocycles. The third-order valence-electron chi connectivity index (χ3n) is 1.97.